The molecule has 30 heavy (non-hydrogen) atoms. The van der Waals surface area contributed by atoms with Gasteiger partial charge in [-0.2, -0.15) is 0 Å². The third-order valence-electron chi connectivity index (χ3n) is 4.80. The van der Waals surface area contributed by atoms with E-state index >= 15 is 0 Å². The third-order valence-corrected chi connectivity index (χ3v) is 4.80. The van der Waals surface area contributed by atoms with Gasteiger partial charge in [-0.1, -0.05) is 24.0 Å². The topological polar surface area (TPSA) is 49.4 Å². The number of hydrogen-bond donors (Lipinski definition) is 1. The third kappa shape index (κ3) is 7.71. The van der Waals surface area contributed by atoms with Crippen molar-refractivity contribution in [2.24, 2.45) is 0 Å². The summed E-state index contributed by atoms with van der Waals surface area (Å²) in [7, 11) is 0. The van der Waals surface area contributed by atoms with Crippen molar-refractivity contribution in [2.45, 2.75) is 39.5 Å². The van der Waals surface area contributed by atoms with E-state index < -0.39 is 0 Å². The lowest BCUT2D eigenvalue weighted by molar-refractivity contribution is -0.120. The van der Waals surface area contributed by atoms with E-state index in [4.69, 9.17) is 0 Å². The van der Waals surface area contributed by atoms with Crippen LogP contribution in [0.4, 0.5) is 4.39 Å². The van der Waals surface area contributed by atoms with Gasteiger partial charge in [0.1, 0.15) is 5.82 Å². The Hall–Kier alpha value is -3.13. The van der Waals surface area contributed by atoms with Crippen molar-refractivity contribution < 1.29 is 14.0 Å². The number of nitrogens with zero attached hydrogens (tertiary/aromatic N) is 1. The Balaban J connectivity index is 1.69. The number of carbonyl (C=O) groups is 2. The molecule has 0 aliphatic carbocycles. The van der Waals surface area contributed by atoms with Crippen molar-refractivity contribution in [3.63, 3.8) is 0 Å². The molecule has 0 spiro atoms. The maximum Gasteiger partial charge on any atom is 0.253 e. The Labute approximate surface area is 178 Å². The van der Waals surface area contributed by atoms with Gasteiger partial charge in [0, 0.05) is 30.6 Å². The maximum atomic E-state index is 13.1. The van der Waals surface area contributed by atoms with Crippen LogP contribution in [0.25, 0.3) is 0 Å². The first-order chi connectivity index (χ1) is 14.5. The summed E-state index contributed by atoms with van der Waals surface area (Å²) in [5.74, 6) is 5.67. The van der Waals surface area contributed by atoms with Crippen LogP contribution in [-0.4, -0.2) is 36.3 Å². The lowest BCUT2D eigenvalue weighted by Gasteiger charge is -2.18. The van der Waals surface area contributed by atoms with E-state index in [0.29, 0.717) is 25.1 Å². The highest BCUT2D eigenvalue weighted by Gasteiger charge is 2.11. The summed E-state index contributed by atoms with van der Waals surface area (Å²) >= 11 is 0. The van der Waals surface area contributed by atoms with Crippen LogP contribution in [0.5, 0.6) is 0 Å². The molecule has 1 N–H and O–H groups in total. The number of unbranched alkanes of at least 4 members (excludes halogenated alkanes) is 1. The first kappa shape index (κ1) is 23.2. The molecule has 0 saturated carbocycles. The number of rotatable bonds is 9. The summed E-state index contributed by atoms with van der Waals surface area (Å²) in [5.41, 5.74) is 2.40. The number of carbonyl (C=O) groups excluding carboxylic acids is 2. The first-order valence-electron chi connectivity index (χ1n) is 10.4. The maximum absolute atomic E-state index is 13.1. The standard InChI is InChI=1S/C25H29FN2O2/c1-3-28(4-2)25(30)22-16-14-20(15-17-22)11-8-18-27-24(29)13-6-5-9-21-10-7-12-23(26)19-21/h7,10,12,14-17,19H,3-6,9,13,18H2,1-2H3,(H,27,29). The molecular formula is C25H29FN2O2. The summed E-state index contributed by atoms with van der Waals surface area (Å²) in [5, 5.41) is 2.79. The fraction of sp³-hybridized carbons (Fsp3) is 0.360. The summed E-state index contributed by atoms with van der Waals surface area (Å²) in [6.07, 6.45) is 2.77. The minimum absolute atomic E-state index is 0.0178. The molecule has 0 bridgehead atoms. The highest BCUT2D eigenvalue weighted by Crippen LogP contribution is 2.09. The largest absolute Gasteiger partial charge is 0.345 e. The zero-order valence-electron chi connectivity index (χ0n) is 17.7. The number of benzene rings is 2. The minimum Gasteiger partial charge on any atom is -0.345 e. The van der Waals surface area contributed by atoms with Crippen LogP contribution in [-0.2, 0) is 11.2 Å². The Morgan fingerprint density at radius 2 is 1.77 bits per heavy atom. The van der Waals surface area contributed by atoms with Gasteiger partial charge in [0.25, 0.3) is 5.91 Å². The van der Waals surface area contributed by atoms with Gasteiger partial charge in [-0.25, -0.2) is 4.39 Å². The number of halogens is 1. The SMILES string of the molecule is CCN(CC)C(=O)c1ccc(C#CCNC(=O)CCCCc2cccc(F)c2)cc1. The predicted octanol–water partition coefficient (Wildman–Crippen LogP) is 4.19. The molecule has 0 radical (unpaired) electrons. The van der Waals surface area contributed by atoms with Crippen LogP contribution in [0, 0.1) is 17.7 Å². The van der Waals surface area contributed by atoms with E-state index in [1.165, 1.54) is 12.1 Å². The number of aryl methyl sites for hydroxylation is 1. The van der Waals surface area contributed by atoms with Crippen molar-refractivity contribution in [1.82, 2.24) is 10.2 Å². The number of nitrogens with one attached hydrogen (secondary N) is 1. The van der Waals surface area contributed by atoms with Gasteiger partial charge in [0.05, 0.1) is 6.54 Å². The molecule has 0 aliphatic heterocycles. The molecule has 0 aliphatic rings. The molecular weight excluding hydrogens is 379 g/mol. The highest BCUT2D eigenvalue weighted by atomic mass is 19.1. The van der Waals surface area contributed by atoms with Crippen LogP contribution in [0.15, 0.2) is 48.5 Å². The van der Waals surface area contributed by atoms with Crippen LogP contribution in [0.1, 0.15) is 54.6 Å². The van der Waals surface area contributed by atoms with Crippen molar-refractivity contribution in [2.75, 3.05) is 19.6 Å². The molecule has 4 nitrogen and oxygen atoms in total. The van der Waals surface area contributed by atoms with E-state index in [9.17, 15) is 14.0 Å². The van der Waals surface area contributed by atoms with Crippen molar-refractivity contribution in [3.05, 3.63) is 71.0 Å². The average Bonchev–Trinajstić information content (AvgIpc) is 2.75. The van der Waals surface area contributed by atoms with Gasteiger partial charge in [-0.05, 0) is 75.1 Å². The smallest absolute Gasteiger partial charge is 0.253 e. The van der Waals surface area contributed by atoms with Gasteiger partial charge in [-0.3, -0.25) is 9.59 Å². The molecule has 0 saturated heterocycles. The molecule has 0 atom stereocenters. The van der Waals surface area contributed by atoms with Crippen LogP contribution in [0.2, 0.25) is 0 Å². The average molecular weight is 409 g/mol. The molecule has 2 amide bonds. The summed E-state index contributed by atoms with van der Waals surface area (Å²) in [4.78, 5) is 25.9. The second kappa shape index (κ2) is 12.4. The second-order valence-corrected chi connectivity index (χ2v) is 6.97. The molecule has 158 valence electrons. The number of amides is 2. The Morgan fingerprint density at radius 1 is 1.03 bits per heavy atom. The normalized spacial score (nSPS) is 10.1. The van der Waals surface area contributed by atoms with Crippen molar-refractivity contribution >= 4 is 11.8 Å². The van der Waals surface area contributed by atoms with E-state index in [-0.39, 0.29) is 24.2 Å². The predicted molar refractivity (Wildman–Crippen MR) is 118 cm³/mol. The lowest BCUT2D eigenvalue weighted by Crippen LogP contribution is -2.30. The molecule has 2 aromatic rings. The fourth-order valence-electron chi connectivity index (χ4n) is 3.07. The van der Waals surface area contributed by atoms with Gasteiger partial charge in [-0.15, -0.1) is 0 Å². The first-order valence-corrected chi connectivity index (χ1v) is 10.4. The Kier molecular flexibility index (Phi) is 9.60. The zero-order chi connectivity index (χ0) is 21.8. The van der Waals surface area contributed by atoms with Crippen LogP contribution < -0.4 is 5.32 Å². The molecule has 0 fully saturated rings. The molecule has 0 heterocycles. The summed E-state index contributed by atoms with van der Waals surface area (Å²) < 4.78 is 13.1. The minimum atomic E-state index is -0.228. The fourth-order valence-corrected chi connectivity index (χ4v) is 3.07. The van der Waals surface area contributed by atoms with E-state index in [1.54, 1.807) is 23.1 Å². The van der Waals surface area contributed by atoms with E-state index in [1.807, 2.05) is 32.0 Å². The molecule has 2 aromatic carbocycles. The Morgan fingerprint density at radius 3 is 2.43 bits per heavy atom. The molecule has 0 aromatic heterocycles. The number of hydrogen-bond acceptors (Lipinski definition) is 2. The van der Waals surface area contributed by atoms with Gasteiger partial charge in [0.15, 0.2) is 0 Å². The molecule has 5 heteroatoms. The van der Waals surface area contributed by atoms with Crippen molar-refractivity contribution in [3.8, 4) is 11.8 Å². The van der Waals surface area contributed by atoms with Gasteiger partial charge < -0.3 is 10.2 Å². The monoisotopic (exact) mass is 408 g/mol. The van der Waals surface area contributed by atoms with E-state index in [2.05, 4.69) is 17.2 Å². The Bertz CT molecular complexity index is 893. The van der Waals surface area contributed by atoms with Gasteiger partial charge >= 0.3 is 0 Å². The van der Waals surface area contributed by atoms with Crippen LogP contribution >= 0.6 is 0 Å². The van der Waals surface area contributed by atoms with Crippen LogP contribution in [0.3, 0.4) is 0 Å². The second-order valence-electron chi connectivity index (χ2n) is 6.97. The summed E-state index contributed by atoms with van der Waals surface area (Å²) in [6.45, 7) is 5.56. The van der Waals surface area contributed by atoms with E-state index in [0.717, 1.165) is 30.4 Å². The molecule has 2 rings (SSSR count). The molecule has 0 unspecified atom stereocenters. The van der Waals surface area contributed by atoms with Gasteiger partial charge in [0.2, 0.25) is 5.91 Å². The van der Waals surface area contributed by atoms with Crippen molar-refractivity contribution in [1.29, 1.82) is 0 Å². The summed E-state index contributed by atoms with van der Waals surface area (Å²) in [6, 6.07) is 13.7. The zero-order valence-corrected chi connectivity index (χ0v) is 17.7. The quantitative estimate of drug-likeness (QED) is 0.500. The lowest BCUT2D eigenvalue weighted by atomic mass is 10.1. The highest BCUT2D eigenvalue weighted by molar-refractivity contribution is 5.94.